The van der Waals surface area contributed by atoms with Crippen molar-refractivity contribution in [2.24, 2.45) is 5.92 Å². The minimum absolute atomic E-state index is 0.181. The molecule has 2 fully saturated rings. The Balaban J connectivity index is 1.87. The number of piperidine rings is 1. The van der Waals surface area contributed by atoms with Gasteiger partial charge in [0.2, 0.25) is 0 Å². The first-order chi connectivity index (χ1) is 9.95. The minimum Gasteiger partial charge on any atom is -0.480 e. The van der Waals surface area contributed by atoms with Crippen LogP contribution in [0.15, 0.2) is 0 Å². The molecule has 2 amide bonds. The Kier molecular flexibility index (Phi) is 5.45. The summed E-state index contributed by atoms with van der Waals surface area (Å²) >= 11 is 0. The Morgan fingerprint density at radius 2 is 2.10 bits per heavy atom. The molecule has 0 aromatic rings. The van der Waals surface area contributed by atoms with Crippen molar-refractivity contribution in [3.63, 3.8) is 0 Å². The van der Waals surface area contributed by atoms with E-state index < -0.39 is 5.97 Å². The van der Waals surface area contributed by atoms with Crippen molar-refractivity contribution < 1.29 is 14.7 Å². The fourth-order valence-electron chi connectivity index (χ4n) is 3.44. The SMILES string of the molecule is CC(C)CN(CC(=O)O)C(=O)NC1CCN2CCCC2C1. The molecule has 0 aromatic heterocycles. The standard InChI is InChI=1S/C15H27N3O3/c1-11(2)9-18(10-14(19)20)15(21)16-12-5-7-17-6-3-4-13(17)8-12/h11-13H,3-10H2,1-2H3,(H,16,21)(H,19,20). The number of amides is 2. The quantitative estimate of drug-likeness (QED) is 0.804. The zero-order chi connectivity index (χ0) is 15.4. The van der Waals surface area contributed by atoms with Gasteiger partial charge >= 0.3 is 12.0 Å². The number of fused-ring (bicyclic) bond motifs is 1. The Morgan fingerprint density at radius 3 is 2.76 bits per heavy atom. The largest absolute Gasteiger partial charge is 0.480 e. The molecule has 21 heavy (non-hydrogen) atoms. The van der Waals surface area contributed by atoms with E-state index in [0.29, 0.717) is 12.6 Å². The zero-order valence-corrected chi connectivity index (χ0v) is 13.0. The highest BCUT2D eigenvalue weighted by Crippen LogP contribution is 2.26. The summed E-state index contributed by atoms with van der Waals surface area (Å²) in [6, 6.07) is 0.546. The van der Waals surface area contributed by atoms with Gasteiger partial charge in [0.25, 0.3) is 0 Å². The third kappa shape index (κ3) is 4.59. The van der Waals surface area contributed by atoms with Crippen molar-refractivity contribution in [1.29, 1.82) is 0 Å². The second kappa shape index (κ2) is 7.11. The number of carboxylic acids is 1. The molecule has 2 saturated heterocycles. The van der Waals surface area contributed by atoms with Crippen molar-refractivity contribution in [1.82, 2.24) is 15.1 Å². The van der Waals surface area contributed by atoms with Crippen molar-refractivity contribution in [2.45, 2.75) is 51.6 Å². The van der Waals surface area contributed by atoms with Crippen LogP contribution in [0, 0.1) is 5.92 Å². The van der Waals surface area contributed by atoms with Crippen LogP contribution < -0.4 is 5.32 Å². The lowest BCUT2D eigenvalue weighted by atomic mass is 9.98. The third-order valence-corrected chi connectivity index (χ3v) is 4.35. The topological polar surface area (TPSA) is 72.9 Å². The van der Waals surface area contributed by atoms with Gasteiger partial charge in [-0.15, -0.1) is 0 Å². The molecule has 0 aliphatic carbocycles. The van der Waals surface area contributed by atoms with E-state index in [1.54, 1.807) is 0 Å². The molecule has 2 N–H and O–H groups in total. The molecular weight excluding hydrogens is 270 g/mol. The third-order valence-electron chi connectivity index (χ3n) is 4.35. The first-order valence-corrected chi connectivity index (χ1v) is 7.97. The second-order valence-electron chi connectivity index (χ2n) is 6.67. The monoisotopic (exact) mass is 297 g/mol. The van der Waals surface area contributed by atoms with Crippen LogP contribution in [0.1, 0.15) is 39.5 Å². The van der Waals surface area contributed by atoms with Crippen molar-refractivity contribution >= 4 is 12.0 Å². The summed E-state index contributed by atoms with van der Waals surface area (Å²) < 4.78 is 0. The number of carboxylic acid groups (broad SMARTS) is 1. The van der Waals surface area contributed by atoms with Crippen LogP contribution in [-0.2, 0) is 4.79 Å². The van der Waals surface area contributed by atoms with Gasteiger partial charge in [-0.05, 0) is 38.1 Å². The fourth-order valence-corrected chi connectivity index (χ4v) is 3.44. The Hall–Kier alpha value is -1.30. The molecule has 2 unspecified atom stereocenters. The van der Waals surface area contributed by atoms with Gasteiger partial charge in [-0.1, -0.05) is 13.8 Å². The highest BCUT2D eigenvalue weighted by atomic mass is 16.4. The Bertz CT molecular complexity index is 386. The van der Waals surface area contributed by atoms with Gasteiger partial charge in [0.05, 0.1) is 0 Å². The minimum atomic E-state index is -0.962. The zero-order valence-electron chi connectivity index (χ0n) is 13.0. The van der Waals surface area contributed by atoms with Crippen molar-refractivity contribution in [3.8, 4) is 0 Å². The van der Waals surface area contributed by atoms with E-state index in [4.69, 9.17) is 5.11 Å². The summed E-state index contributed by atoms with van der Waals surface area (Å²) in [6.45, 7) is 6.44. The van der Waals surface area contributed by atoms with Crippen LogP contribution in [0.3, 0.4) is 0 Å². The summed E-state index contributed by atoms with van der Waals surface area (Å²) in [5.41, 5.74) is 0. The number of carbonyl (C=O) groups is 2. The predicted octanol–water partition coefficient (Wildman–Crippen LogP) is 1.37. The van der Waals surface area contributed by atoms with E-state index in [-0.39, 0.29) is 24.5 Å². The number of urea groups is 1. The molecule has 120 valence electrons. The number of aliphatic carboxylic acids is 1. The molecule has 2 heterocycles. The molecule has 2 atom stereocenters. The summed E-state index contributed by atoms with van der Waals surface area (Å²) in [5, 5.41) is 12.0. The number of hydrogen-bond acceptors (Lipinski definition) is 3. The molecule has 2 aliphatic rings. The maximum absolute atomic E-state index is 12.3. The van der Waals surface area contributed by atoms with E-state index in [2.05, 4.69) is 10.2 Å². The first kappa shape index (κ1) is 16.1. The highest BCUT2D eigenvalue weighted by Gasteiger charge is 2.33. The Labute approximate surface area is 126 Å². The van der Waals surface area contributed by atoms with Gasteiger partial charge in [-0.25, -0.2) is 4.79 Å². The van der Waals surface area contributed by atoms with E-state index in [9.17, 15) is 9.59 Å². The van der Waals surface area contributed by atoms with Gasteiger partial charge in [-0.2, -0.15) is 0 Å². The van der Waals surface area contributed by atoms with Crippen molar-refractivity contribution in [2.75, 3.05) is 26.2 Å². The maximum atomic E-state index is 12.3. The summed E-state index contributed by atoms with van der Waals surface area (Å²) in [6.07, 6.45) is 4.43. The van der Waals surface area contributed by atoms with Gasteiger partial charge in [0.15, 0.2) is 0 Å². The van der Waals surface area contributed by atoms with E-state index in [0.717, 1.165) is 19.4 Å². The van der Waals surface area contributed by atoms with Crippen molar-refractivity contribution in [3.05, 3.63) is 0 Å². The van der Waals surface area contributed by atoms with Gasteiger partial charge < -0.3 is 20.2 Å². The molecule has 2 aliphatic heterocycles. The first-order valence-electron chi connectivity index (χ1n) is 7.97. The van der Waals surface area contributed by atoms with Crippen LogP contribution in [0.2, 0.25) is 0 Å². The highest BCUT2D eigenvalue weighted by molar-refractivity contribution is 5.80. The molecule has 0 saturated carbocycles. The normalized spacial score (nSPS) is 25.7. The summed E-state index contributed by atoms with van der Waals surface area (Å²) in [7, 11) is 0. The molecule has 2 rings (SSSR count). The summed E-state index contributed by atoms with van der Waals surface area (Å²) in [4.78, 5) is 27.1. The predicted molar refractivity (Wildman–Crippen MR) is 80.2 cm³/mol. The molecule has 0 spiro atoms. The van der Waals surface area contributed by atoms with Crippen LogP contribution in [0.25, 0.3) is 0 Å². The van der Waals surface area contributed by atoms with Gasteiger partial charge in [0, 0.05) is 25.2 Å². The average Bonchev–Trinajstić information content (AvgIpc) is 2.84. The number of nitrogens with one attached hydrogen (secondary N) is 1. The lowest BCUT2D eigenvalue weighted by Gasteiger charge is -2.36. The van der Waals surface area contributed by atoms with E-state index in [1.165, 1.54) is 24.3 Å². The van der Waals surface area contributed by atoms with Crippen LogP contribution in [-0.4, -0.2) is 65.2 Å². The molecule has 0 bridgehead atoms. The van der Waals surface area contributed by atoms with Crippen LogP contribution >= 0.6 is 0 Å². The number of rotatable bonds is 5. The molecule has 0 radical (unpaired) electrons. The second-order valence-corrected chi connectivity index (χ2v) is 6.67. The Morgan fingerprint density at radius 1 is 1.33 bits per heavy atom. The summed E-state index contributed by atoms with van der Waals surface area (Å²) in [5.74, 6) is -0.705. The molecular formula is C15H27N3O3. The number of nitrogens with zero attached hydrogens (tertiary/aromatic N) is 2. The maximum Gasteiger partial charge on any atom is 0.323 e. The smallest absolute Gasteiger partial charge is 0.323 e. The van der Waals surface area contributed by atoms with Crippen LogP contribution in [0.5, 0.6) is 0 Å². The van der Waals surface area contributed by atoms with Gasteiger partial charge in [-0.3, -0.25) is 4.79 Å². The lowest BCUT2D eigenvalue weighted by Crippen LogP contribution is -2.52. The molecule has 6 heteroatoms. The number of carbonyl (C=O) groups excluding carboxylic acids is 1. The van der Waals surface area contributed by atoms with Crippen LogP contribution in [0.4, 0.5) is 4.79 Å². The number of hydrogen-bond donors (Lipinski definition) is 2. The average molecular weight is 297 g/mol. The molecule has 0 aromatic carbocycles. The molecule has 6 nitrogen and oxygen atoms in total. The van der Waals surface area contributed by atoms with E-state index in [1.807, 2.05) is 13.8 Å². The van der Waals surface area contributed by atoms with Gasteiger partial charge in [0.1, 0.15) is 6.54 Å². The fraction of sp³-hybridized carbons (Fsp3) is 0.867. The lowest BCUT2D eigenvalue weighted by molar-refractivity contribution is -0.137. The van der Waals surface area contributed by atoms with E-state index >= 15 is 0 Å².